The monoisotopic (exact) mass is 343 g/mol. The number of aromatic nitrogens is 3. The SMILES string of the molecule is c1cc(-c2cnc3ccc(NCCCN4CCOCC4)nn23)cs1. The van der Waals surface area contributed by atoms with Gasteiger partial charge < -0.3 is 10.1 Å². The number of hydrogen-bond acceptors (Lipinski definition) is 6. The fourth-order valence-corrected chi connectivity index (χ4v) is 3.57. The molecule has 3 aromatic rings. The Morgan fingerprint density at radius 2 is 2.12 bits per heavy atom. The quantitative estimate of drug-likeness (QED) is 0.697. The van der Waals surface area contributed by atoms with Crippen LogP contribution < -0.4 is 5.32 Å². The van der Waals surface area contributed by atoms with E-state index >= 15 is 0 Å². The maximum Gasteiger partial charge on any atom is 0.154 e. The average molecular weight is 343 g/mol. The van der Waals surface area contributed by atoms with E-state index in [1.54, 1.807) is 11.3 Å². The Balaban J connectivity index is 1.38. The summed E-state index contributed by atoms with van der Waals surface area (Å²) in [6.45, 7) is 5.82. The van der Waals surface area contributed by atoms with Gasteiger partial charge in [0.25, 0.3) is 0 Å². The maximum atomic E-state index is 5.38. The summed E-state index contributed by atoms with van der Waals surface area (Å²) in [4.78, 5) is 6.88. The highest BCUT2D eigenvalue weighted by molar-refractivity contribution is 7.08. The van der Waals surface area contributed by atoms with Gasteiger partial charge in [0, 0.05) is 30.6 Å². The molecule has 0 unspecified atom stereocenters. The lowest BCUT2D eigenvalue weighted by Gasteiger charge is -2.26. The third kappa shape index (κ3) is 3.43. The number of nitrogens with zero attached hydrogens (tertiary/aromatic N) is 4. The van der Waals surface area contributed by atoms with E-state index in [-0.39, 0.29) is 0 Å². The van der Waals surface area contributed by atoms with Crippen LogP contribution in [-0.2, 0) is 4.74 Å². The highest BCUT2D eigenvalue weighted by Gasteiger charge is 2.10. The summed E-state index contributed by atoms with van der Waals surface area (Å²) in [5, 5.41) is 12.3. The van der Waals surface area contributed by atoms with Crippen LogP contribution in [-0.4, -0.2) is 58.9 Å². The lowest BCUT2D eigenvalue weighted by atomic mass is 10.3. The summed E-state index contributed by atoms with van der Waals surface area (Å²) < 4.78 is 7.28. The molecule has 24 heavy (non-hydrogen) atoms. The van der Waals surface area contributed by atoms with Gasteiger partial charge in [0.15, 0.2) is 5.65 Å². The van der Waals surface area contributed by atoms with Crippen molar-refractivity contribution in [2.75, 3.05) is 44.7 Å². The Morgan fingerprint density at radius 3 is 2.96 bits per heavy atom. The van der Waals surface area contributed by atoms with Crippen molar-refractivity contribution in [1.82, 2.24) is 19.5 Å². The molecule has 0 bridgehead atoms. The zero-order valence-electron chi connectivity index (χ0n) is 13.5. The first kappa shape index (κ1) is 15.6. The van der Waals surface area contributed by atoms with Crippen molar-refractivity contribution in [2.24, 2.45) is 0 Å². The summed E-state index contributed by atoms with van der Waals surface area (Å²) in [5.41, 5.74) is 3.06. The van der Waals surface area contributed by atoms with Crippen molar-refractivity contribution >= 4 is 22.8 Å². The highest BCUT2D eigenvalue weighted by atomic mass is 32.1. The molecule has 6 nitrogen and oxygen atoms in total. The molecule has 0 amide bonds. The Hall–Kier alpha value is -1.96. The molecule has 3 aromatic heterocycles. The Labute approximate surface area is 145 Å². The molecule has 0 atom stereocenters. The molecule has 1 N–H and O–H groups in total. The summed E-state index contributed by atoms with van der Waals surface area (Å²) in [6, 6.07) is 6.10. The minimum atomic E-state index is 0.859. The summed E-state index contributed by atoms with van der Waals surface area (Å²) >= 11 is 1.68. The minimum absolute atomic E-state index is 0.859. The van der Waals surface area contributed by atoms with Gasteiger partial charge >= 0.3 is 0 Å². The van der Waals surface area contributed by atoms with Gasteiger partial charge in [0.05, 0.1) is 25.1 Å². The first-order chi connectivity index (χ1) is 11.9. The number of anilines is 1. The molecule has 4 heterocycles. The Morgan fingerprint density at radius 1 is 1.21 bits per heavy atom. The molecular weight excluding hydrogens is 322 g/mol. The molecule has 7 heteroatoms. The van der Waals surface area contributed by atoms with Crippen LogP contribution in [0.2, 0.25) is 0 Å². The largest absolute Gasteiger partial charge is 0.379 e. The number of rotatable bonds is 6. The van der Waals surface area contributed by atoms with Gasteiger partial charge in [0.2, 0.25) is 0 Å². The van der Waals surface area contributed by atoms with Gasteiger partial charge in [-0.15, -0.1) is 5.10 Å². The van der Waals surface area contributed by atoms with E-state index < -0.39 is 0 Å². The fourth-order valence-electron chi connectivity index (χ4n) is 2.92. The molecule has 0 saturated carbocycles. The Bertz CT molecular complexity index is 779. The molecule has 126 valence electrons. The van der Waals surface area contributed by atoms with Crippen LogP contribution in [0.3, 0.4) is 0 Å². The van der Waals surface area contributed by atoms with E-state index in [2.05, 4.69) is 37.1 Å². The summed E-state index contributed by atoms with van der Waals surface area (Å²) in [6.07, 6.45) is 2.98. The first-order valence-electron chi connectivity index (χ1n) is 8.31. The molecule has 1 aliphatic rings. The second kappa shape index (κ2) is 7.29. The van der Waals surface area contributed by atoms with E-state index in [1.807, 2.05) is 22.8 Å². The van der Waals surface area contributed by atoms with E-state index in [1.165, 1.54) is 0 Å². The molecule has 1 saturated heterocycles. The third-order valence-corrected chi connectivity index (χ3v) is 4.92. The van der Waals surface area contributed by atoms with Gasteiger partial charge in [-0.25, -0.2) is 9.50 Å². The number of imidazole rings is 1. The van der Waals surface area contributed by atoms with E-state index in [9.17, 15) is 0 Å². The van der Waals surface area contributed by atoms with Crippen LogP contribution in [0.1, 0.15) is 6.42 Å². The topological polar surface area (TPSA) is 54.7 Å². The van der Waals surface area contributed by atoms with E-state index in [4.69, 9.17) is 4.74 Å². The number of nitrogens with one attached hydrogen (secondary N) is 1. The number of fused-ring (bicyclic) bond motifs is 1. The van der Waals surface area contributed by atoms with Gasteiger partial charge in [0.1, 0.15) is 5.82 Å². The van der Waals surface area contributed by atoms with Crippen LogP contribution in [0.5, 0.6) is 0 Å². The van der Waals surface area contributed by atoms with E-state index in [0.29, 0.717) is 0 Å². The molecule has 0 aromatic carbocycles. The molecule has 4 rings (SSSR count). The van der Waals surface area contributed by atoms with Gasteiger partial charge in [-0.3, -0.25) is 4.90 Å². The fraction of sp³-hybridized carbons (Fsp3) is 0.412. The van der Waals surface area contributed by atoms with Crippen molar-refractivity contribution in [3.05, 3.63) is 35.2 Å². The van der Waals surface area contributed by atoms with Gasteiger partial charge in [-0.05, 0) is 36.5 Å². The normalized spacial score (nSPS) is 15.8. The van der Waals surface area contributed by atoms with Crippen molar-refractivity contribution in [1.29, 1.82) is 0 Å². The maximum absolute atomic E-state index is 5.38. The first-order valence-corrected chi connectivity index (χ1v) is 9.26. The zero-order valence-corrected chi connectivity index (χ0v) is 14.3. The zero-order chi connectivity index (χ0) is 16.2. The second-order valence-corrected chi connectivity index (χ2v) is 6.66. The van der Waals surface area contributed by atoms with Crippen molar-refractivity contribution in [3.63, 3.8) is 0 Å². The second-order valence-electron chi connectivity index (χ2n) is 5.88. The molecule has 1 fully saturated rings. The lowest BCUT2D eigenvalue weighted by molar-refractivity contribution is 0.0378. The number of morpholine rings is 1. The van der Waals surface area contributed by atoms with Crippen LogP contribution in [0, 0.1) is 0 Å². The van der Waals surface area contributed by atoms with Crippen LogP contribution in [0.4, 0.5) is 5.82 Å². The van der Waals surface area contributed by atoms with Crippen molar-refractivity contribution in [3.8, 4) is 11.3 Å². The number of hydrogen-bond donors (Lipinski definition) is 1. The van der Waals surface area contributed by atoms with Crippen molar-refractivity contribution < 1.29 is 4.74 Å². The Kier molecular flexibility index (Phi) is 4.73. The van der Waals surface area contributed by atoms with Crippen LogP contribution in [0.25, 0.3) is 16.9 Å². The predicted molar refractivity (Wildman–Crippen MR) is 96.7 cm³/mol. The molecule has 0 aliphatic carbocycles. The highest BCUT2D eigenvalue weighted by Crippen LogP contribution is 2.23. The summed E-state index contributed by atoms with van der Waals surface area (Å²) in [7, 11) is 0. The molecule has 0 radical (unpaired) electrons. The van der Waals surface area contributed by atoms with Crippen LogP contribution in [0.15, 0.2) is 35.2 Å². The number of ether oxygens (including phenoxy) is 1. The lowest BCUT2D eigenvalue weighted by Crippen LogP contribution is -2.37. The smallest absolute Gasteiger partial charge is 0.154 e. The number of thiophene rings is 1. The van der Waals surface area contributed by atoms with E-state index in [0.717, 1.165) is 68.5 Å². The molecular formula is C17H21N5OS. The predicted octanol–water partition coefficient (Wildman–Crippen LogP) is 2.59. The average Bonchev–Trinajstić information content (AvgIpc) is 3.28. The van der Waals surface area contributed by atoms with Gasteiger partial charge in [-0.2, -0.15) is 11.3 Å². The third-order valence-electron chi connectivity index (χ3n) is 4.24. The summed E-state index contributed by atoms with van der Waals surface area (Å²) in [5.74, 6) is 0.888. The van der Waals surface area contributed by atoms with Crippen LogP contribution >= 0.6 is 11.3 Å². The minimum Gasteiger partial charge on any atom is -0.379 e. The van der Waals surface area contributed by atoms with Gasteiger partial charge in [-0.1, -0.05) is 0 Å². The van der Waals surface area contributed by atoms with Crippen molar-refractivity contribution in [2.45, 2.75) is 6.42 Å². The molecule has 1 aliphatic heterocycles. The molecule has 0 spiro atoms. The standard InChI is InChI=1S/C17H21N5OS/c1(6-21-7-9-23-10-8-21)5-18-16-2-3-17-19-12-15(22(17)20-16)14-4-11-24-13-14/h2-4,11-13H,1,5-10H2,(H,18,20).